The molecule has 0 aromatic carbocycles. The van der Waals surface area contributed by atoms with E-state index in [1.807, 2.05) is 0 Å². The minimum absolute atomic E-state index is 0.0245. The second-order valence-corrected chi connectivity index (χ2v) is 4.52. The molecule has 0 saturated heterocycles. The maximum atomic E-state index is 11.1. The first-order chi connectivity index (χ1) is 8.50. The molecule has 0 radical (unpaired) electrons. The molecule has 0 amide bonds. The number of carbonyl (C=O) groups excluding carboxylic acids is 1. The summed E-state index contributed by atoms with van der Waals surface area (Å²) in [5.74, 6) is 6.04. The van der Waals surface area contributed by atoms with Crippen molar-refractivity contribution in [1.29, 1.82) is 0 Å². The molecular weight excluding hydrogens is 256 g/mol. The Morgan fingerprint density at radius 1 is 1.61 bits per heavy atom. The molecule has 1 rings (SSSR count). The van der Waals surface area contributed by atoms with Crippen LogP contribution < -0.4 is 5.56 Å². The van der Waals surface area contributed by atoms with Crippen molar-refractivity contribution in [3.8, 4) is 11.8 Å². The van der Waals surface area contributed by atoms with Gasteiger partial charge in [0.1, 0.15) is 0 Å². The number of nitro groups is 1. The van der Waals surface area contributed by atoms with Gasteiger partial charge in [-0.25, -0.2) is 0 Å². The summed E-state index contributed by atoms with van der Waals surface area (Å²) in [5.41, 5.74) is -0.910. The van der Waals surface area contributed by atoms with Crippen LogP contribution in [0.5, 0.6) is 0 Å². The Hall–Kier alpha value is -2.07. The van der Waals surface area contributed by atoms with E-state index in [9.17, 15) is 19.7 Å². The Kier molecular flexibility index (Phi) is 5.14. The molecule has 0 atom stereocenters. The van der Waals surface area contributed by atoms with Crippen LogP contribution in [-0.2, 0) is 4.79 Å². The van der Waals surface area contributed by atoms with Crippen LogP contribution in [0.2, 0.25) is 0 Å². The van der Waals surface area contributed by atoms with Crippen LogP contribution in [0.4, 0.5) is 5.69 Å². The molecule has 0 spiro atoms. The number of hydrogen-bond acceptors (Lipinski definition) is 5. The highest BCUT2D eigenvalue weighted by Gasteiger charge is 2.11. The number of nitrogens with zero attached hydrogens (tertiary/aromatic N) is 1. The monoisotopic (exact) mass is 266 g/mol. The van der Waals surface area contributed by atoms with Gasteiger partial charge < -0.3 is 4.98 Å². The molecule has 0 bridgehead atoms. The number of thioether (sulfide) groups is 1. The number of rotatable bonds is 3. The number of pyridine rings is 1. The molecule has 1 aromatic rings. The molecule has 0 unspecified atom stereocenters. The Balaban J connectivity index is 2.71. The van der Waals surface area contributed by atoms with Crippen LogP contribution in [0.1, 0.15) is 18.9 Å². The van der Waals surface area contributed by atoms with E-state index in [4.69, 9.17) is 0 Å². The largest absolute Gasteiger partial charge is 0.335 e. The lowest BCUT2D eigenvalue weighted by Crippen LogP contribution is -2.10. The number of nitrogens with one attached hydrogen (secondary N) is 1. The molecule has 1 heterocycles. The van der Waals surface area contributed by atoms with Crippen molar-refractivity contribution in [2.75, 3.05) is 5.75 Å². The van der Waals surface area contributed by atoms with Crippen molar-refractivity contribution in [2.24, 2.45) is 0 Å². The second kappa shape index (κ2) is 6.61. The summed E-state index contributed by atoms with van der Waals surface area (Å²) in [6, 6.07) is 1.13. The summed E-state index contributed by atoms with van der Waals surface area (Å²) in [4.78, 5) is 33.7. The Morgan fingerprint density at radius 2 is 2.33 bits per heavy atom. The minimum atomic E-state index is -0.754. The van der Waals surface area contributed by atoms with Gasteiger partial charge in [-0.15, -0.1) is 0 Å². The molecule has 94 valence electrons. The zero-order chi connectivity index (χ0) is 13.5. The van der Waals surface area contributed by atoms with Gasteiger partial charge >= 0.3 is 11.2 Å². The fourth-order valence-corrected chi connectivity index (χ4v) is 1.58. The first-order valence-corrected chi connectivity index (χ1v) is 5.98. The summed E-state index contributed by atoms with van der Waals surface area (Å²) in [5, 5.41) is 10.5. The maximum Gasteiger partial charge on any atom is 0.335 e. The lowest BCUT2D eigenvalue weighted by atomic mass is 10.2. The Morgan fingerprint density at radius 3 is 2.94 bits per heavy atom. The normalized spacial score (nSPS) is 9.39. The fourth-order valence-electron chi connectivity index (χ4n) is 1.09. The van der Waals surface area contributed by atoms with E-state index < -0.39 is 16.2 Å². The molecule has 0 aliphatic heterocycles. The van der Waals surface area contributed by atoms with E-state index >= 15 is 0 Å². The molecule has 0 saturated carbocycles. The lowest BCUT2D eigenvalue weighted by molar-refractivity contribution is -0.386. The van der Waals surface area contributed by atoms with Crippen molar-refractivity contribution >= 4 is 22.6 Å². The third-order valence-corrected chi connectivity index (χ3v) is 2.66. The highest BCUT2D eigenvalue weighted by atomic mass is 32.2. The third-order valence-electron chi connectivity index (χ3n) is 1.85. The summed E-state index contributed by atoms with van der Waals surface area (Å²) in [6.07, 6.45) is 1.82. The summed E-state index contributed by atoms with van der Waals surface area (Å²) in [7, 11) is 0. The smallest absolute Gasteiger partial charge is 0.322 e. The average molecular weight is 266 g/mol. The van der Waals surface area contributed by atoms with Crippen LogP contribution >= 0.6 is 11.8 Å². The number of H-pyrrole nitrogens is 1. The van der Waals surface area contributed by atoms with Gasteiger partial charge in [-0.3, -0.25) is 19.7 Å². The molecule has 7 heteroatoms. The number of carbonyl (C=O) groups is 1. The highest BCUT2D eigenvalue weighted by molar-refractivity contribution is 8.13. The molecule has 0 fully saturated rings. The van der Waals surface area contributed by atoms with E-state index in [2.05, 4.69) is 16.8 Å². The van der Waals surface area contributed by atoms with Gasteiger partial charge in [0.05, 0.1) is 4.92 Å². The number of hydrogen-bond donors (Lipinski definition) is 1. The third kappa shape index (κ3) is 4.43. The topological polar surface area (TPSA) is 93.1 Å². The summed E-state index contributed by atoms with van der Waals surface area (Å²) < 4.78 is 0. The first-order valence-electron chi connectivity index (χ1n) is 5.00. The number of aromatic amines is 1. The van der Waals surface area contributed by atoms with Crippen LogP contribution in [0.15, 0.2) is 17.1 Å². The SMILES string of the molecule is CC(=O)SCCC#Cc1c[nH]c(=O)c([N+](=O)[O-])c1. The van der Waals surface area contributed by atoms with Gasteiger partial charge in [0.2, 0.25) is 0 Å². The van der Waals surface area contributed by atoms with E-state index in [1.165, 1.54) is 24.9 Å². The van der Waals surface area contributed by atoms with Crippen molar-refractivity contribution < 1.29 is 9.72 Å². The average Bonchev–Trinajstić information content (AvgIpc) is 2.30. The highest BCUT2D eigenvalue weighted by Crippen LogP contribution is 2.05. The molecular formula is C11H10N2O4S. The van der Waals surface area contributed by atoms with E-state index in [0.29, 0.717) is 17.7 Å². The molecule has 1 aromatic heterocycles. The van der Waals surface area contributed by atoms with Crippen LogP contribution in [0.25, 0.3) is 0 Å². The van der Waals surface area contributed by atoms with Gasteiger partial charge in [-0.05, 0) is 0 Å². The lowest BCUT2D eigenvalue weighted by Gasteiger charge is -1.92. The van der Waals surface area contributed by atoms with Crippen LogP contribution in [0, 0.1) is 22.0 Å². The molecule has 18 heavy (non-hydrogen) atoms. The first kappa shape index (κ1) is 14.0. The van der Waals surface area contributed by atoms with E-state index in [1.54, 1.807) is 0 Å². The second-order valence-electron chi connectivity index (χ2n) is 3.25. The van der Waals surface area contributed by atoms with E-state index in [-0.39, 0.29) is 5.12 Å². The van der Waals surface area contributed by atoms with Crippen LogP contribution in [-0.4, -0.2) is 20.8 Å². The zero-order valence-corrected chi connectivity index (χ0v) is 10.4. The van der Waals surface area contributed by atoms with Crippen molar-refractivity contribution in [2.45, 2.75) is 13.3 Å². The van der Waals surface area contributed by atoms with Gasteiger partial charge in [0.15, 0.2) is 5.12 Å². The van der Waals surface area contributed by atoms with Gasteiger partial charge in [0, 0.05) is 36.9 Å². The van der Waals surface area contributed by atoms with Crippen molar-refractivity contribution in [3.63, 3.8) is 0 Å². The van der Waals surface area contributed by atoms with Crippen molar-refractivity contribution in [3.05, 3.63) is 38.3 Å². The maximum absolute atomic E-state index is 11.1. The predicted octanol–water partition coefficient (Wildman–Crippen LogP) is 1.30. The minimum Gasteiger partial charge on any atom is -0.322 e. The van der Waals surface area contributed by atoms with E-state index in [0.717, 1.165) is 6.07 Å². The summed E-state index contributed by atoms with van der Waals surface area (Å²) in [6.45, 7) is 1.48. The summed E-state index contributed by atoms with van der Waals surface area (Å²) >= 11 is 1.17. The zero-order valence-electron chi connectivity index (χ0n) is 9.56. The van der Waals surface area contributed by atoms with Crippen molar-refractivity contribution in [1.82, 2.24) is 4.98 Å². The molecule has 0 aliphatic rings. The predicted molar refractivity (Wildman–Crippen MR) is 68.4 cm³/mol. The van der Waals surface area contributed by atoms with Gasteiger partial charge in [-0.1, -0.05) is 23.6 Å². The quantitative estimate of drug-likeness (QED) is 0.385. The number of aromatic nitrogens is 1. The van der Waals surface area contributed by atoms with Gasteiger partial charge in [-0.2, -0.15) is 0 Å². The Bertz CT molecular complexity index is 583. The fraction of sp³-hybridized carbons (Fsp3) is 0.273. The van der Waals surface area contributed by atoms with Gasteiger partial charge in [0.25, 0.3) is 0 Å². The molecule has 1 N–H and O–H groups in total. The van der Waals surface area contributed by atoms with Crippen LogP contribution in [0.3, 0.4) is 0 Å². The standard InChI is InChI=1S/C11H10N2O4S/c1-8(14)18-5-3-2-4-9-6-10(13(16)17)11(15)12-7-9/h6-7H,3,5H2,1H3,(H,12,15). The molecule has 6 nitrogen and oxygen atoms in total. The molecule has 0 aliphatic carbocycles. The Labute approximate surface area is 107 Å².